The summed E-state index contributed by atoms with van der Waals surface area (Å²) in [6.45, 7) is 7.26. The molecule has 0 bridgehead atoms. The van der Waals surface area contributed by atoms with E-state index in [0.717, 1.165) is 30.8 Å². The molecule has 1 aliphatic rings. The summed E-state index contributed by atoms with van der Waals surface area (Å²) in [5.74, 6) is 0.737. The van der Waals surface area contributed by atoms with Crippen LogP contribution in [0.1, 0.15) is 30.9 Å². The fourth-order valence-corrected chi connectivity index (χ4v) is 4.18. The Labute approximate surface area is 133 Å². The number of aryl methyl sites for hydroxylation is 2. The molecule has 1 atom stereocenters. The number of sulfonamides is 1. The fraction of sp³-hybridized carbons (Fsp3) is 0.625. The van der Waals surface area contributed by atoms with E-state index in [0.29, 0.717) is 23.6 Å². The van der Waals surface area contributed by atoms with Crippen molar-refractivity contribution in [2.45, 2.75) is 44.6 Å². The van der Waals surface area contributed by atoms with E-state index in [1.807, 2.05) is 13.8 Å². The summed E-state index contributed by atoms with van der Waals surface area (Å²) < 4.78 is 38.0. The Morgan fingerprint density at radius 3 is 2.64 bits per heavy atom. The molecule has 1 heterocycles. The number of hydrogen-bond donors (Lipinski definition) is 0. The van der Waals surface area contributed by atoms with Crippen molar-refractivity contribution in [3.05, 3.63) is 23.3 Å². The minimum absolute atomic E-state index is 0.00359. The van der Waals surface area contributed by atoms with E-state index in [2.05, 4.69) is 0 Å². The van der Waals surface area contributed by atoms with Crippen LogP contribution >= 0.6 is 0 Å². The molecule has 1 aromatic rings. The second-order valence-corrected chi connectivity index (χ2v) is 7.75. The molecule has 1 aliphatic heterocycles. The number of likely N-dealkylation sites (N-methyl/N-ethyl adjacent to an activating group) is 1. The zero-order chi connectivity index (χ0) is 16.3. The molecule has 0 radical (unpaired) electrons. The zero-order valence-electron chi connectivity index (χ0n) is 13.8. The van der Waals surface area contributed by atoms with Crippen LogP contribution in [0.3, 0.4) is 0 Å². The van der Waals surface area contributed by atoms with Gasteiger partial charge in [-0.3, -0.25) is 0 Å². The normalized spacial score (nSPS) is 18.9. The molecular formula is C16H25NO4S. The van der Waals surface area contributed by atoms with Crippen LogP contribution in [0.4, 0.5) is 0 Å². The fourth-order valence-electron chi connectivity index (χ4n) is 2.69. The second kappa shape index (κ2) is 6.98. The summed E-state index contributed by atoms with van der Waals surface area (Å²) in [7, 11) is -1.90. The molecule has 5 nitrogen and oxygen atoms in total. The van der Waals surface area contributed by atoms with E-state index in [1.165, 1.54) is 4.31 Å². The molecule has 0 aromatic heterocycles. The van der Waals surface area contributed by atoms with Gasteiger partial charge in [0.25, 0.3) is 0 Å². The summed E-state index contributed by atoms with van der Waals surface area (Å²) in [6.07, 6.45) is 1.92. The van der Waals surface area contributed by atoms with Crippen LogP contribution in [0.5, 0.6) is 5.75 Å². The van der Waals surface area contributed by atoms with Crippen molar-refractivity contribution >= 4 is 10.0 Å². The molecule has 22 heavy (non-hydrogen) atoms. The van der Waals surface area contributed by atoms with E-state index in [1.54, 1.807) is 26.1 Å². The average Bonchev–Trinajstić information content (AvgIpc) is 2.95. The minimum atomic E-state index is -3.51. The van der Waals surface area contributed by atoms with E-state index in [-0.39, 0.29) is 6.10 Å². The summed E-state index contributed by atoms with van der Waals surface area (Å²) >= 11 is 0. The lowest BCUT2D eigenvalue weighted by atomic mass is 10.1. The van der Waals surface area contributed by atoms with Gasteiger partial charge in [-0.2, -0.15) is 4.31 Å². The number of hydrogen-bond acceptors (Lipinski definition) is 4. The first kappa shape index (κ1) is 17.2. The first-order valence-electron chi connectivity index (χ1n) is 7.68. The highest BCUT2D eigenvalue weighted by Crippen LogP contribution is 2.28. The van der Waals surface area contributed by atoms with Gasteiger partial charge in [0.05, 0.1) is 17.6 Å². The standard InChI is InChI=1S/C16H25NO4S/c1-5-20-15-9-13(3)16(10-12(15)2)22(18,19)17(4)11-14-7-6-8-21-14/h9-10,14H,5-8,11H2,1-4H3. The average molecular weight is 327 g/mol. The van der Waals surface area contributed by atoms with Crippen molar-refractivity contribution in [1.29, 1.82) is 0 Å². The molecule has 0 spiro atoms. The molecule has 0 aliphatic carbocycles. The first-order chi connectivity index (χ1) is 10.4. The van der Waals surface area contributed by atoms with Crippen LogP contribution < -0.4 is 4.74 Å². The smallest absolute Gasteiger partial charge is 0.243 e. The quantitative estimate of drug-likeness (QED) is 0.805. The van der Waals surface area contributed by atoms with E-state index < -0.39 is 10.0 Å². The van der Waals surface area contributed by atoms with Gasteiger partial charge < -0.3 is 9.47 Å². The molecule has 0 amide bonds. The number of benzene rings is 1. The van der Waals surface area contributed by atoms with Gasteiger partial charge in [-0.25, -0.2) is 8.42 Å². The van der Waals surface area contributed by atoms with Crippen LogP contribution in [0, 0.1) is 13.8 Å². The van der Waals surface area contributed by atoms with Gasteiger partial charge in [-0.1, -0.05) is 0 Å². The highest BCUT2D eigenvalue weighted by Gasteiger charge is 2.27. The van der Waals surface area contributed by atoms with Gasteiger partial charge in [0.15, 0.2) is 0 Å². The van der Waals surface area contributed by atoms with Crippen molar-refractivity contribution < 1.29 is 17.9 Å². The van der Waals surface area contributed by atoms with Crippen molar-refractivity contribution in [3.63, 3.8) is 0 Å². The van der Waals surface area contributed by atoms with Crippen molar-refractivity contribution in [2.75, 3.05) is 26.8 Å². The molecule has 1 saturated heterocycles. The van der Waals surface area contributed by atoms with E-state index in [9.17, 15) is 8.42 Å². The SMILES string of the molecule is CCOc1cc(C)c(S(=O)(=O)N(C)CC2CCCO2)cc1C. The van der Waals surface area contributed by atoms with Gasteiger partial charge in [-0.05, 0) is 56.9 Å². The van der Waals surface area contributed by atoms with Gasteiger partial charge in [0.1, 0.15) is 5.75 Å². The Hall–Kier alpha value is -1.11. The number of rotatable bonds is 6. The third-order valence-electron chi connectivity index (χ3n) is 3.95. The first-order valence-corrected chi connectivity index (χ1v) is 9.12. The number of nitrogens with zero attached hydrogens (tertiary/aromatic N) is 1. The van der Waals surface area contributed by atoms with E-state index >= 15 is 0 Å². The summed E-state index contributed by atoms with van der Waals surface area (Å²) in [5.41, 5.74) is 1.53. The molecule has 0 N–H and O–H groups in total. The Bertz CT molecular complexity index is 621. The topological polar surface area (TPSA) is 55.8 Å². The molecule has 1 aromatic carbocycles. The molecule has 0 saturated carbocycles. The Morgan fingerprint density at radius 2 is 2.05 bits per heavy atom. The molecule has 124 valence electrons. The molecule has 2 rings (SSSR count). The van der Waals surface area contributed by atoms with Crippen LogP contribution in [-0.4, -0.2) is 45.6 Å². The molecule has 6 heteroatoms. The van der Waals surface area contributed by atoms with Crippen LogP contribution in [0.25, 0.3) is 0 Å². The third kappa shape index (κ3) is 3.62. The Kier molecular flexibility index (Phi) is 5.47. The predicted octanol–water partition coefficient (Wildman–Crippen LogP) is 2.50. The highest BCUT2D eigenvalue weighted by molar-refractivity contribution is 7.89. The van der Waals surface area contributed by atoms with Crippen LogP contribution in [0.2, 0.25) is 0 Å². The lowest BCUT2D eigenvalue weighted by Gasteiger charge is -2.22. The maximum atomic E-state index is 12.8. The Balaban J connectivity index is 2.26. The maximum absolute atomic E-state index is 12.8. The monoisotopic (exact) mass is 327 g/mol. The predicted molar refractivity (Wildman–Crippen MR) is 85.9 cm³/mol. The summed E-state index contributed by atoms with van der Waals surface area (Å²) in [4.78, 5) is 0.342. The lowest BCUT2D eigenvalue weighted by molar-refractivity contribution is 0.0979. The molecular weight excluding hydrogens is 302 g/mol. The Morgan fingerprint density at radius 1 is 1.32 bits per heavy atom. The summed E-state index contributed by atoms with van der Waals surface area (Å²) in [6, 6.07) is 3.49. The van der Waals surface area contributed by atoms with E-state index in [4.69, 9.17) is 9.47 Å². The van der Waals surface area contributed by atoms with Crippen LogP contribution in [0.15, 0.2) is 17.0 Å². The molecule has 1 fully saturated rings. The minimum Gasteiger partial charge on any atom is -0.494 e. The maximum Gasteiger partial charge on any atom is 0.243 e. The van der Waals surface area contributed by atoms with Gasteiger partial charge >= 0.3 is 0 Å². The summed E-state index contributed by atoms with van der Waals surface area (Å²) in [5, 5.41) is 0. The highest BCUT2D eigenvalue weighted by atomic mass is 32.2. The van der Waals surface area contributed by atoms with Gasteiger partial charge in [0, 0.05) is 20.2 Å². The van der Waals surface area contributed by atoms with Crippen LogP contribution in [-0.2, 0) is 14.8 Å². The van der Waals surface area contributed by atoms with Gasteiger partial charge in [0.2, 0.25) is 10.0 Å². The second-order valence-electron chi connectivity index (χ2n) is 5.74. The number of ether oxygens (including phenoxy) is 2. The van der Waals surface area contributed by atoms with Crippen molar-refractivity contribution in [2.24, 2.45) is 0 Å². The van der Waals surface area contributed by atoms with Crippen molar-refractivity contribution in [3.8, 4) is 5.75 Å². The lowest BCUT2D eigenvalue weighted by Crippen LogP contribution is -2.34. The largest absolute Gasteiger partial charge is 0.494 e. The van der Waals surface area contributed by atoms with Crippen molar-refractivity contribution in [1.82, 2.24) is 4.31 Å². The third-order valence-corrected chi connectivity index (χ3v) is 5.91. The zero-order valence-corrected chi connectivity index (χ0v) is 14.6. The van der Waals surface area contributed by atoms with Gasteiger partial charge in [-0.15, -0.1) is 0 Å². The molecule has 1 unspecified atom stereocenters.